The predicted octanol–water partition coefficient (Wildman–Crippen LogP) is 1.38. The van der Waals surface area contributed by atoms with Crippen LogP contribution < -0.4 is 10.0 Å². The molecule has 2 N–H and O–H groups in total. The lowest BCUT2D eigenvalue weighted by atomic mass is 10.4. The van der Waals surface area contributed by atoms with Crippen molar-refractivity contribution in [2.75, 3.05) is 11.8 Å². The summed E-state index contributed by atoms with van der Waals surface area (Å²) < 4.78 is 27.2. The summed E-state index contributed by atoms with van der Waals surface area (Å²) in [5, 5.41) is 10.6. The minimum absolute atomic E-state index is 0.0149. The highest BCUT2D eigenvalue weighted by atomic mass is 32.2. The lowest BCUT2D eigenvalue weighted by Gasteiger charge is -2.06. The molecule has 2 rings (SSSR count). The molecule has 0 aliphatic heterocycles. The van der Waals surface area contributed by atoms with Gasteiger partial charge in [0.05, 0.1) is 11.4 Å². The van der Waals surface area contributed by atoms with Crippen molar-refractivity contribution in [3.8, 4) is 0 Å². The normalized spacial score (nSPS) is 11.6. The molecule has 0 aromatic carbocycles. The maximum Gasteiger partial charge on any atom is 0.265 e. The number of sulfonamides is 1. The van der Waals surface area contributed by atoms with Gasteiger partial charge in [-0.15, -0.1) is 16.4 Å². The van der Waals surface area contributed by atoms with E-state index in [1.165, 1.54) is 11.3 Å². The third-order valence-corrected chi connectivity index (χ3v) is 5.52. The van der Waals surface area contributed by atoms with E-state index in [2.05, 4.69) is 25.2 Å². The fraction of sp³-hybridized carbons (Fsp3) is 0.417. The molecule has 0 radical (unpaired) electrons. The number of nitrogens with one attached hydrogen (secondary N) is 2. The molecule has 21 heavy (non-hydrogen) atoms. The van der Waals surface area contributed by atoms with Crippen molar-refractivity contribution in [3.63, 3.8) is 0 Å². The number of thiophene rings is 1. The Morgan fingerprint density at radius 1 is 1.19 bits per heavy atom. The zero-order valence-electron chi connectivity index (χ0n) is 12.3. The Balaban J connectivity index is 2.31. The van der Waals surface area contributed by atoms with Crippen LogP contribution in [0.2, 0.25) is 0 Å². The Kier molecular flexibility index (Phi) is 4.55. The van der Waals surface area contributed by atoms with Crippen LogP contribution in [-0.4, -0.2) is 30.6 Å². The molecule has 2 heterocycles. The molecule has 0 amide bonds. The van der Waals surface area contributed by atoms with E-state index in [1.807, 2.05) is 7.05 Å². The molecule has 2 aromatic heterocycles. The van der Waals surface area contributed by atoms with Crippen LogP contribution in [0.25, 0.3) is 0 Å². The van der Waals surface area contributed by atoms with Crippen LogP contribution in [0.5, 0.6) is 0 Å². The fourth-order valence-corrected chi connectivity index (χ4v) is 4.32. The number of aromatic nitrogens is 3. The van der Waals surface area contributed by atoms with Crippen LogP contribution in [0.1, 0.15) is 21.1 Å². The maximum atomic E-state index is 12.4. The predicted molar refractivity (Wildman–Crippen MR) is 81.9 cm³/mol. The summed E-state index contributed by atoms with van der Waals surface area (Å²) in [6, 6.07) is 1.66. The van der Waals surface area contributed by atoms with Gasteiger partial charge in [0.2, 0.25) is 0 Å². The summed E-state index contributed by atoms with van der Waals surface area (Å²) in [6.45, 7) is 5.92. The van der Waals surface area contributed by atoms with Gasteiger partial charge in [-0.1, -0.05) is 0 Å². The standard InChI is InChI=1S/C12H17N5O2S2/c1-7-8(2)15-16-12(14-7)17-21(18,19)11-5-10(6-13-4)20-9(11)3/h5,13H,6H2,1-4H3,(H,14,16,17). The van der Waals surface area contributed by atoms with E-state index >= 15 is 0 Å². The molecule has 2 aromatic rings. The average molecular weight is 327 g/mol. The molecule has 0 saturated heterocycles. The first kappa shape index (κ1) is 15.8. The van der Waals surface area contributed by atoms with E-state index in [0.29, 0.717) is 17.9 Å². The van der Waals surface area contributed by atoms with Gasteiger partial charge in [0, 0.05) is 16.3 Å². The lowest BCUT2D eigenvalue weighted by molar-refractivity contribution is 0.600. The maximum absolute atomic E-state index is 12.4. The van der Waals surface area contributed by atoms with Crippen LogP contribution in [-0.2, 0) is 16.6 Å². The first-order chi connectivity index (χ1) is 9.83. The number of hydrogen-bond acceptors (Lipinski definition) is 7. The van der Waals surface area contributed by atoms with Crippen molar-refractivity contribution in [3.05, 3.63) is 27.2 Å². The molecule has 0 atom stereocenters. The number of anilines is 1. The van der Waals surface area contributed by atoms with Crippen molar-refractivity contribution < 1.29 is 8.42 Å². The van der Waals surface area contributed by atoms with Crippen molar-refractivity contribution in [2.45, 2.75) is 32.2 Å². The van der Waals surface area contributed by atoms with Gasteiger partial charge in [0.15, 0.2) is 0 Å². The van der Waals surface area contributed by atoms with Crippen molar-refractivity contribution in [2.24, 2.45) is 0 Å². The highest BCUT2D eigenvalue weighted by Gasteiger charge is 2.21. The summed E-state index contributed by atoms with van der Waals surface area (Å²) in [5.41, 5.74) is 1.31. The van der Waals surface area contributed by atoms with Crippen LogP contribution in [0.3, 0.4) is 0 Å². The SMILES string of the molecule is CNCc1cc(S(=O)(=O)Nc2nnc(C)c(C)n2)c(C)s1. The highest BCUT2D eigenvalue weighted by molar-refractivity contribution is 7.92. The van der Waals surface area contributed by atoms with Crippen LogP contribution in [0.4, 0.5) is 5.95 Å². The first-order valence-corrected chi connectivity index (χ1v) is 8.58. The molecular formula is C12H17N5O2S2. The van der Waals surface area contributed by atoms with Gasteiger partial charge >= 0.3 is 0 Å². The Morgan fingerprint density at radius 2 is 1.90 bits per heavy atom. The molecule has 0 aliphatic carbocycles. The molecule has 0 fully saturated rings. The number of nitrogens with zero attached hydrogens (tertiary/aromatic N) is 3. The van der Waals surface area contributed by atoms with Crippen LogP contribution >= 0.6 is 11.3 Å². The molecule has 9 heteroatoms. The van der Waals surface area contributed by atoms with Gasteiger partial charge in [-0.3, -0.25) is 0 Å². The molecule has 0 saturated carbocycles. The second kappa shape index (κ2) is 6.04. The Hall–Kier alpha value is -1.58. The highest BCUT2D eigenvalue weighted by Crippen LogP contribution is 2.26. The summed E-state index contributed by atoms with van der Waals surface area (Å²) in [5.74, 6) is -0.0149. The first-order valence-electron chi connectivity index (χ1n) is 6.28. The Morgan fingerprint density at radius 3 is 2.52 bits per heavy atom. The summed E-state index contributed by atoms with van der Waals surface area (Å²) >= 11 is 1.44. The molecule has 114 valence electrons. The minimum Gasteiger partial charge on any atom is -0.315 e. The van der Waals surface area contributed by atoms with E-state index in [1.54, 1.807) is 26.8 Å². The van der Waals surface area contributed by atoms with Gasteiger partial charge < -0.3 is 5.32 Å². The fourth-order valence-electron chi connectivity index (χ4n) is 1.73. The third kappa shape index (κ3) is 3.55. The summed E-state index contributed by atoms with van der Waals surface area (Å²) in [6.07, 6.45) is 0. The van der Waals surface area contributed by atoms with Crippen molar-refractivity contribution >= 4 is 27.3 Å². The number of rotatable bonds is 5. The van der Waals surface area contributed by atoms with E-state index in [0.717, 1.165) is 9.75 Å². The molecule has 0 unspecified atom stereocenters. The molecular weight excluding hydrogens is 310 g/mol. The number of hydrogen-bond donors (Lipinski definition) is 2. The lowest BCUT2D eigenvalue weighted by Crippen LogP contribution is -2.16. The van der Waals surface area contributed by atoms with Gasteiger partial charge in [-0.05, 0) is 33.9 Å². The smallest absolute Gasteiger partial charge is 0.265 e. The second-order valence-corrected chi connectivity index (χ2v) is 7.57. The number of aryl methyl sites for hydroxylation is 3. The van der Waals surface area contributed by atoms with Crippen molar-refractivity contribution in [1.82, 2.24) is 20.5 Å². The van der Waals surface area contributed by atoms with E-state index in [4.69, 9.17) is 0 Å². The van der Waals surface area contributed by atoms with Gasteiger partial charge in [0.25, 0.3) is 16.0 Å². The van der Waals surface area contributed by atoms with Crippen LogP contribution in [0.15, 0.2) is 11.0 Å². The van der Waals surface area contributed by atoms with Gasteiger partial charge in [-0.2, -0.15) is 5.10 Å². The molecule has 0 spiro atoms. The Labute approximate surface area is 127 Å². The quantitative estimate of drug-likeness (QED) is 0.861. The molecule has 0 bridgehead atoms. The van der Waals surface area contributed by atoms with Gasteiger partial charge in [0.1, 0.15) is 4.90 Å². The second-order valence-electron chi connectivity index (χ2n) is 4.58. The van der Waals surface area contributed by atoms with Gasteiger partial charge in [-0.25, -0.2) is 18.1 Å². The topological polar surface area (TPSA) is 96.9 Å². The molecule has 0 aliphatic rings. The zero-order chi connectivity index (χ0) is 15.6. The molecule has 7 nitrogen and oxygen atoms in total. The van der Waals surface area contributed by atoms with Crippen LogP contribution in [0, 0.1) is 20.8 Å². The summed E-state index contributed by atoms with van der Waals surface area (Å²) in [7, 11) is -1.89. The van der Waals surface area contributed by atoms with E-state index in [-0.39, 0.29) is 10.8 Å². The summed E-state index contributed by atoms with van der Waals surface area (Å²) in [4.78, 5) is 6.01. The monoisotopic (exact) mass is 327 g/mol. The van der Waals surface area contributed by atoms with E-state index in [9.17, 15) is 8.42 Å². The van der Waals surface area contributed by atoms with E-state index < -0.39 is 10.0 Å². The third-order valence-electron chi connectivity index (χ3n) is 2.88. The average Bonchev–Trinajstić information content (AvgIpc) is 2.76. The largest absolute Gasteiger partial charge is 0.315 e. The van der Waals surface area contributed by atoms with Crippen molar-refractivity contribution in [1.29, 1.82) is 0 Å². The zero-order valence-corrected chi connectivity index (χ0v) is 13.9. The Bertz CT molecular complexity index is 755. The minimum atomic E-state index is -3.70.